The Hall–Kier alpha value is -1.45. The van der Waals surface area contributed by atoms with Crippen molar-refractivity contribution in [3.8, 4) is 0 Å². The first-order valence-corrected chi connectivity index (χ1v) is 6.37. The molecule has 1 fully saturated rings. The van der Waals surface area contributed by atoms with Crippen molar-refractivity contribution >= 4 is 5.78 Å². The lowest BCUT2D eigenvalue weighted by atomic mass is 9.97. The molecule has 4 nitrogen and oxygen atoms in total. The highest BCUT2D eigenvalue weighted by atomic mass is 16.1. The van der Waals surface area contributed by atoms with E-state index in [0.717, 1.165) is 43.4 Å². The molecule has 1 heterocycles. The van der Waals surface area contributed by atoms with Crippen molar-refractivity contribution < 1.29 is 4.79 Å². The molecule has 4 heteroatoms. The molecule has 2 aliphatic carbocycles. The van der Waals surface area contributed by atoms with Crippen LogP contribution in [-0.2, 0) is 17.6 Å². The van der Waals surface area contributed by atoms with E-state index in [1.54, 1.807) is 10.7 Å². The predicted octanol–water partition coefficient (Wildman–Crippen LogP) is 1.42. The van der Waals surface area contributed by atoms with Gasteiger partial charge in [0.05, 0.1) is 11.7 Å². The first kappa shape index (κ1) is 10.7. The number of aromatic nitrogens is 2. The van der Waals surface area contributed by atoms with Crippen molar-refractivity contribution in [3.05, 3.63) is 27.7 Å². The molecule has 0 spiro atoms. The quantitative estimate of drug-likeness (QED) is 0.735. The molecule has 1 aromatic rings. The number of nitrogens with zero attached hydrogens (tertiary/aromatic N) is 2. The summed E-state index contributed by atoms with van der Waals surface area (Å²) in [5, 5.41) is 4.48. The summed E-state index contributed by atoms with van der Waals surface area (Å²) in [6.07, 6.45) is 6.09. The normalized spacial score (nSPS) is 23.8. The highest BCUT2D eigenvalue weighted by Crippen LogP contribution is 2.26. The molecule has 1 unspecified atom stereocenters. The lowest BCUT2D eigenvalue weighted by Gasteiger charge is -2.18. The molecule has 0 amide bonds. The van der Waals surface area contributed by atoms with Crippen LogP contribution in [0.2, 0.25) is 0 Å². The smallest absolute Gasteiger partial charge is 0.267 e. The van der Waals surface area contributed by atoms with Crippen molar-refractivity contribution in [2.45, 2.75) is 51.0 Å². The van der Waals surface area contributed by atoms with Crippen LogP contribution < -0.4 is 5.56 Å². The number of carbonyl (C=O) groups excluding carboxylic acids is 1. The molecule has 0 saturated heterocycles. The second-order valence-corrected chi connectivity index (χ2v) is 5.04. The fourth-order valence-electron chi connectivity index (χ4n) is 2.84. The van der Waals surface area contributed by atoms with Gasteiger partial charge in [-0.3, -0.25) is 9.59 Å². The number of hydrogen-bond acceptors (Lipinski definition) is 3. The molecule has 3 rings (SSSR count). The number of rotatable bonds is 1. The summed E-state index contributed by atoms with van der Waals surface area (Å²) in [7, 11) is 0. The summed E-state index contributed by atoms with van der Waals surface area (Å²) in [4.78, 5) is 23.3. The van der Waals surface area contributed by atoms with Gasteiger partial charge in [0.2, 0.25) is 0 Å². The summed E-state index contributed by atoms with van der Waals surface area (Å²) in [5.74, 6) is 0.251. The maximum atomic E-state index is 12.0. The van der Waals surface area contributed by atoms with E-state index in [9.17, 15) is 9.59 Å². The van der Waals surface area contributed by atoms with Gasteiger partial charge in [-0.15, -0.1) is 0 Å². The number of Topliss-reactive ketones (excluding diaryl/α,β-unsaturated/α-hetero) is 1. The third kappa shape index (κ3) is 1.92. The largest absolute Gasteiger partial charge is 0.300 e. The van der Waals surface area contributed by atoms with Crippen LogP contribution in [0.4, 0.5) is 0 Å². The molecule has 90 valence electrons. The highest BCUT2D eigenvalue weighted by Gasteiger charge is 2.26. The van der Waals surface area contributed by atoms with Crippen molar-refractivity contribution in [1.29, 1.82) is 0 Å². The summed E-state index contributed by atoms with van der Waals surface area (Å²) in [6.45, 7) is 0. The van der Waals surface area contributed by atoms with E-state index in [1.165, 1.54) is 0 Å². The van der Waals surface area contributed by atoms with Crippen LogP contribution in [-0.4, -0.2) is 15.6 Å². The first-order valence-electron chi connectivity index (χ1n) is 6.37. The number of carbonyl (C=O) groups is 1. The molecular formula is C13H16N2O2. The predicted molar refractivity (Wildman–Crippen MR) is 63.0 cm³/mol. The standard InChI is InChI=1S/C13H16N2O2/c16-11-6-5-10(8-11)15-13(17)7-9-3-1-2-4-12(9)14-15/h7,10H,1-6,8H2. The molecule has 0 aromatic carbocycles. The van der Waals surface area contributed by atoms with E-state index in [2.05, 4.69) is 5.10 Å². The average molecular weight is 232 g/mol. The van der Waals surface area contributed by atoms with Gasteiger partial charge in [-0.25, -0.2) is 4.68 Å². The minimum Gasteiger partial charge on any atom is -0.300 e. The number of hydrogen-bond donors (Lipinski definition) is 0. The molecule has 17 heavy (non-hydrogen) atoms. The molecule has 0 bridgehead atoms. The Bertz CT molecular complexity index is 519. The van der Waals surface area contributed by atoms with E-state index in [-0.39, 0.29) is 17.4 Å². The third-order valence-electron chi connectivity index (χ3n) is 3.80. The Morgan fingerprint density at radius 3 is 2.76 bits per heavy atom. The Morgan fingerprint density at radius 2 is 2.00 bits per heavy atom. The van der Waals surface area contributed by atoms with Gasteiger partial charge in [0.1, 0.15) is 5.78 Å². The van der Waals surface area contributed by atoms with Gasteiger partial charge in [-0.1, -0.05) is 0 Å². The second kappa shape index (κ2) is 4.09. The Labute approximate surface area is 99.6 Å². The van der Waals surface area contributed by atoms with E-state index < -0.39 is 0 Å². The fraction of sp³-hybridized carbons (Fsp3) is 0.615. The van der Waals surface area contributed by atoms with Crippen molar-refractivity contribution in [3.63, 3.8) is 0 Å². The summed E-state index contributed by atoms with van der Waals surface area (Å²) >= 11 is 0. The fourth-order valence-corrected chi connectivity index (χ4v) is 2.84. The molecule has 1 saturated carbocycles. The zero-order valence-corrected chi connectivity index (χ0v) is 9.82. The summed E-state index contributed by atoms with van der Waals surface area (Å²) < 4.78 is 1.55. The van der Waals surface area contributed by atoms with Gasteiger partial charge in [-0.2, -0.15) is 5.10 Å². The molecule has 1 atom stereocenters. The SMILES string of the molecule is O=C1CCC(n2nc3c(cc2=O)CCCC3)C1. The van der Waals surface area contributed by atoms with Crippen molar-refractivity contribution in [2.75, 3.05) is 0 Å². The first-order chi connectivity index (χ1) is 8.24. The average Bonchev–Trinajstić information content (AvgIpc) is 2.75. The zero-order valence-electron chi connectivity index (χ0n) is 9.82. The lowest BCUT2D eigenvalue weighted by molar-refractivity contribution is -0.117. The third-order valence-corrected chi connectivity index (χ3v) is 3.80. The van der Waals surface area contributed by atoms with Crippen molar-refractivity contribution in [1.82, 2.24) is 9.78 Å². The van der Waals surface area contributed by atoms with Crippen molar-refractivity contribution in [2.24, 2.45) is 0 Å². The van der Waals surface area contributed by atoms with Gasteiger partial charge in [0.15, 0.2) is 0 Å². The lowest BCUT2D eigenvalue weighted by Crippen LogP contribution is -2.29. The van der Waals surface area contributed by atoms with Gasteiger partial charge in [0, 0.05) is 18.9 Å². The maximum absolute atomic E-state index is 12.0. The van der Waals surface area contributed by atoms with Gasteiger partial charge in [-0.05, 0) is 37.7 Å². The Morgan fingerprint density at radius 1 is 1.18 bits per heavy atom. The monoisotopic (exact) mass is 232 g/mol. The molecule has 0 N–H and O–H groups in total. The highest BCUT2D eigenvalue weighted by molar-refractivity contribution is 5.80. The Kier molecular flexibility index (Phi) is 2.57. The number of fused-ring (bicyclic) bond motifs is 1. The van der Waals surface area contributed by atoms with Gasteiger partial charge >= 0.3 is 0 Å². The number of aryl methyl sites for hydroxylation is 2. The van der Waals surface area contributed by atoms with E-state index in [1.807, 2.05) is 0 Å². The minimum absolute atomic E-state index is 0.00206. The summed E-state index contributed by atoms with van der Waals surface area (Å²) in [6, 6.07) is 1.73. The topological polar surface area (TPSA) is 52.0 Å². The van der Waals surface area contributed by atoms with Crippen LogP contribution in [0.5, 0.6) is 0 Å². The summed E-state index contributed by atoms with van der Waals surface area (Å²) in [5.41, 5.74) is 2.14. The van der Waals surface area contributed by atoms with Crippen LogP contribution in [0.25, 0.3) is 0 Å². The van der Waals surface area contributed by atoms with Crippen LogP contribution in [0, 0.1) is 0 Å². The van der Waals surface area contributed by atoms with Crippen LogP contribution in [0.3, 0.4) is 0 Å². The molecule has 0 aliphatic heterocycles. The zero-order chi connectivity index (χ0) is 11.8. The molecule has 0 radical (unpaired) electrons. The van der Waals surface area contributed by atoms with Crippen LogP contribution in [0.1, 0.15) is 49.4 Å². The van der Waals surface area contributed by atoms with Crippen LogP contribution in [0.15, 0.2) is 10.9 Å². The second-order valence-electron chi connectivity index (χ2n) is 5.04. The van der Waals surface area contributed by atoms with E-state index in [0.29, 0.717) is 12.8 Å². The molecule has 1 aromatic heterocycles. The number of ketones is 1. The van der Waals surface area contributed by atoms with Gasteiger partial charge in [0.25, 0.3) is 5.56 Å². The molecule has 2 aliphatic rings. The van der Waals surface area contributed by atoms with E-state index >= 15 is 0 Å². The minimum atomic E-state index is -0.0367. The Balaban J connectivity index is 1.99. The van der Waals surface area contributed by atoms with Crippen LogP contribution >= 0.6 is 0 Å². The maximum Gasteiger partial charge on any atom is 0.267 e. The van der Waals surface area contributed by atoms with E-state index in [4.69, 9.17) is 0 Å². The van der Waals surface area contributed by atoms with Gasteiger partial charge < -0.3 is 0 Å². The molecular weight excluding hydrogens is 216 g/mol.